The van der Waals surface area contributed by atoms with Crippen LogP contribution in [0, 0.1) is 0 Å². The molecule has 3 aromatic rings. The first kappa shape index (κ1) is 16.2. The molecule has 0 bridgehead atoms. The van der Waals surface area contributed by atoms with Gasteiger partial charge in [-0.2, -0.15) is 0 Å². The van der Waals surface area contributed by atoms with E-state index in [0.29, 0.717) is 13.1 Å². The van der Waals surface area contributed by atoms with E-state index in [1.807, 2.05) is 30.3 Å². The predicted molar refractivity (Wildman–Crippen MR) is 99.0 cm³/mol. The molecule has 3 aromatic carbocycles. The number of hydrogen-bond acceptors (Lipinski definition) is 3. The quantitative estimate of drug-likeness (QED) is 0.706. The molecule has 0 atom stereocenters. The molecule has 4 nitrogen and oxygen atoms in total. The van der Waals surface area contributed by atoms with E-state index in [4.69, 9.17) is 0 Å². The summed E-state index contributed by atoms with van der Waals surface area (Å²) in [6.07, 6.45) is 0.845. The van der Waals surface area contributed by atoms with Gasteiger partial charge in [0.05, 0.1) is 5.56 Å². The summed E-state index contributed by atoms with van der Waals surface area (Å²) in [5.41, 5.74) is 4.44. The summed E-state index contributed by atoms with van der Waals surface area (Å²) in [5.74, 6) is -0.835. The third kappa shape index (κ3) is 3.02. The maximum Gasteiger partial charge on any atom is 0.258 e. The van der Waals surface area contributed by atoms with Crippen molar-refractivity contribution in [1.29, 1.82) is 0 Å². The molecule has 0 fully saturated rings. The van der Waals surface area contributed by atoms with Crippen LogP contribution in [0.2, 0.25) is 0 Å². The Hall–Kier alpha value is -3.27. The minimum atomic E-state index is -0.326. The Morgan fingerprint density at radius 2 is 1.58 bits per heavy atom. The third-order valence-electron chi connectivity index (χ3n) is 4.72. The Labute approximate surface area is 152 Å². The Morgan fingerprint density at radius 3 is 2.38 bits per heavy atom. The van der Waals surface area contributed by atoms with Gasteiger partial charge < -0.3 is 15.1 Å². The maximum absolute atomic E-state index is 12.6. The van der Waals surface area contributed by atoms with Crippen molar-refractivity contribution in [2.45, 2.75) is 19.5 Å². The molecule has 26 heavy (non-hydrogen) atoms. The van der Waals surface area contributed by atoms with Crippen molar-refractivity contribution in [3.8, 4) is 11.5 Å². The number of carbonyl (C=O) groups is 1. The van der Waals surface area contributed by atoms with Gasteiger partial charge in [-0.1, -0.05) is 60.7 Å². The largest absolute Gasteiger partial charge is 0.504 e. The number of hydrogen-bond donors (Lipinski definition) is 2. The first-order valence-corrected chi connectivity index (χ1v) is 8.56. The lowest BCUT2D eigenvalue weighted by molar-refractivity contribution is 0.0764. The molecule has 0 aliphatic carbocycles. The van der Waals surface area contributed by atoms with Gasteiger partial charge in [-0.05, 0) is 34.7 Å². The van der Waals surface area contributed by atoms with Gasteiger partial charge in [-0.25, -0.2) is 0 Å². The zero-order valence-corrected chi connectivity index (χ0v) is 14.2. The minimum Gasteiger partial charge on any atom is -0.504 e. The second-order valence-electron chi connectivity index (χ2n) is 6.61. The monoisotopic (exact) mass is 345 g/mol. The highest BCUT2D eigenvalue weighted by Crippen LogP contribution is 2.37. The number of benzene rings is 3. The van der Waals surface area contributed by atoms with Gasteiger partial charge in [-0.3, -0.25) is 4.79 Å². The summed E-state index contributed by atoms with van der Waals surface area (Å²) in [4.78, 5) is 14.3. The summed E-state index contributed by atoms with van der Waals surface area (Å²) in [6.45, 7) is 0.904. The van der Waals surface area contributed by atoms with Crippen LogP contribution in [0.4, 0.5) is 0 Å². The van der Waals surface area contributed by atoms with Crippen LogP contribution in [0.15, 0.2) is 66.7 Å². The van der Waals surface area contributed by atoms with E-state index < -0.39 is 0 Å². The lowest BCUT2D eigenvalue weighted by atomic mass is 10.0. The Kier molecular flexibility index (Phi) is 4.09. The normalized spacial score (nSPS) is 13.1. The Balaban J connectivity index is 1.53. The van der Waals surface area contributed by atoms with E-state index >= 15 is 0 Å². The van der Waals surface area contributed by atoms with Crippen LogP contribution in [0.25, 0.3) is 0 Å². The average molecular weight is 345 g/mol. The molecule has 0 unspecified atom stereocenters. The summed E-state index contributed by atoms with van der Waals surface area (Å²) in [5, 5.41) is 19.6. The summed E-state index contributed by atoms with van der Waals surface area (Å²) >= 11 is 0. The zero-order valence-electron chi connectivity index (χ0n) is 14.2. The van der Waals surface area contributed by atoms with Gasteiger partial charge in [0.15, 0.2) is 11.5 Å². The molecule has 1 aliphatic rings. The zero-order chi connectivity index (χ0) is 18.1. The number of rotatable bonds is 4. The van der Waals surface area contributed by atoms with E-state index in [9.17, 15) is 15.0 Å². The van der Waals surface area contributed by atoms with Crippen LogP contribution in [0.1, 0.15) is 32.6 Å². The standard InChI is InChI=1S/C22H19NO3/c24-19-10-9-18-14-23(22(26)20(18)21(19)25)13-17-8-4-7-16(12-17)11-15-5-2-1-3-6-15/h1-10,12,24-25H,11,13-14H2. The summed E-state index contributed by atoms with van der Waals surface area (Å²) in [7, 11) is 0. The highest BCUT2D eigenvalue weighted by Gasteiger charge is 2.31. The van der Waals surface area contributed by atoms with Gasteiger partial charge in [0.25, 0.3) is 5.91 Å². The van der Waals surface area contributed by atoms with E-state index in [-0.39, 0.29) is 23.0 Å². The lowest BCUT2D eigenvalue weighted by Crippen LogP contribution is -2.23. The van der Waals surface area contributed by atoms with Crippen molar-refractivity contribution < 1.29 is 15.0 Å². The summed E-state index contributed by atoms with van der Waals surface area (Å²) < 4.78 is 0. The van der Waals surface area contributed by atoms with Crippen LogP contribution >= 0.6 is 0 Å². The first-order chi connectivity index (χ1) is 12.6. The van der Waals surface area contributed by atoms with Crippen molar-refractivity contribution in [2.24, 2.45) is 0 Å². The highest BCUT2D eigenvalue weighted by atomic mass is 16.3. The molecule has 0 radical (unpaired) electrons. The fraction of sp³-hybridized carbons (Fsp3) is 0.136. The second-order valence-corrected chi connectivity index (χ2v) is 6.61. The first-order valence-electron chi connectivity index (χ1n) is 8.56. The predicted octanol–water partition coefficient (Wildman–Crippen LogP) is 3.84. The number of carbonyl (C=O) groups excluding carboxylic acids is 1. The molecule has 0 spiro atoms. The van der Waals surface area contributed by atoms with Crippen molar-refractivity contribution in [3.05, 3.63) is 94.5 Å². The van der Waals surface area contributed by atoms with Gasteiger partial charge in [0, 0.05) is 13.1 Å². The van der Waals surface area contributed by atoms with Crippen LogP contribution in [-0.2, 0) is 19.5 Å². The second kappa shape index (κ2) is 6.56. The summed E-state index contributed by atoms with van der Waals surface area (Å²) in [6, 6.07) is 21.6. The molecule has 0 aromatic heterocycles. The number of phenolic OH excluding ortho intramolecular Hbond substituents is 2. The van der Waals surface area contributed by atoms with E-state index in [2.05, 4.69) is 24.3 Å². The molecule has 4 rings (SSSR count). The van der Waals surface area contributed by atoms with Gasteiger partial charge in [0.2, 0.25) is 0 Å². The number of phenols is 2. The van der Waals surface area contributed by atoms with E-state index in [1.54, 1.807) is 11.0 Å². The van der Waals surface area contributed by atoms with Crippen molar-refractivity contribution in [3.63, 3.8) is 0 Å². The van der Waals surface area contributed by atoms with E-state index in [0.717, 1.165) is 17.5 Å². The molecular weight excluding hydrogens is 326 g/mol. The molecule has 2 N–H and O–H groups in total. The Bertz CT molecular complexity index is 966. The van der Waals surface area contributed by atoms with Gasteiger partial charge >= 0.3 is 0 Å². The molecule has 1 aliphatic heterocycles. The van der Waals surface area contributed by atoms with Crippen molar-refractivity contribution in [1.82, 2.24) is 4.90 Å². The van der Waals surface area contributed by atoms with Crippen LogP contribution in [0.5, 0.6) is 11.5 Å². The third-order valence-corrected chi connectivity index (χ3v) is 4.72. The average Bonchev–Trinajstić information content (AvgIpc) is 2.96. The smallest absolute Gasteiger partial charge is 0.258 e. The topological polar surface area (TPSA) is 60.8 Å². The number of aromatic hydroxyl groups is 2. The molecule has 1 heterocycles. The van der Waals surface area contributed by atoms with Gasteiger partial charge in [-0.15, -0.1) is 0 Å². The minimum absolute atomic E-state index is 0.213. The Morgan fingerprint density at radius 1 is 0.846 bits per heavy atom. The maximum atomic E-state index is 12.6. The molecule has 4 heteroatoms. The highest BCUT2D eigenvalue weighted by molar-refractivity contribution is 6.01. The molecule has 1 amide bonds. The van der Waals surface area contributed by atoms with Crippen LogP contribution < -0.4 is 0 Å². The van der Waals surface area contributed by atoms with Crippen molar-refractivity contribution in [2.75, 3.05) is 0 Å². The number of fused-ring (bicyclic) bond motifs is 1. The van der Waals surface area contributed by atoms with Gasteiger partial charge in [0.1, 0.15) is 0 Å². The lowest BCUT2D eigenvalue weighted by Gasteiger charge is -2.16. The SMILES string of the molecule is O=C1c2c(ccc(O)c2O)CN1Cc1cccc(Cc2ccccc2)c1. The fourth-order valence-electron chi connectivity index (χ4n) is 3.45. The fourth-order valence-corrected chi connectivity index (χ4v) is 3.45. The number of nitrogens with zero attached hydrogens (tertiary/aromatic N) is 1. The molecule has 0 saturated heterocycles. The molecular formula is C22H19NO3. The van der Waals surface area contributed by atoms with Crippen molar-refractivity contribution >= 4 is 5.91 Å². The molecule has 130 valence electrons. The van der Waals surface area contributed by atoms with E-state index in [1.165, 1.54) is 17.2 Å². The molecule has 0 saturated carbocycles. The van der Waals surface area contributed by atoms with Crippen LogP contribution in [-0.4, -0.2) is 21.0 Å². The number of amides is 1. The van der Waals surface area contributed by atoms with Crippen LogP contribution in [0.3, 0.4) is 0 Å².